The number of hydrogen-bond acceptors (Lipinski definition) is 6. The van der Waals surface area contributed by atoms with Gasteiger partial charge in [0.1, 0.15) is 13.2 Å². The van der Waals surface area contributed by atoms with E-state index in [1.807, 2.05) is 6.08 Å². The Balaban J connectivity index is 4.53. The van der Waals surface area contributed by atoms with Gasteiger partial charge < -0.3 is 14.2 Å². The molecule has 0 heterocycles. The highest BCUT2D eigenvalue weighted by Crippen LogP contribution is 2.13. The van der Waals surface area contributed by atoms with E-state index in [1.165, 1.54) is 89.9 Å². The van der Waals surface area contributed by atoms with E-state index >= 15 is 0 Å². The van der Waals surface area contributed by atoms with Crippen molar-refractivity contribution in [3.05, 3.63) is 109 Å². The predicted molar refractivity (Wildman–Crippen MR) is 288 cm³/mol. The molecular weight excluding hydrogens is 829 g/mol. The molecule has 0 aromatic rings. The minimum Gasteiger partial charge on any atom is -0.462 e. The topological polar surface area (TPSA) is 78.9 Å². The number of unbranched alkanes of at least 4 members (excludes halogenated alkanes) is 19. The first-order valence-electron chi connectivity index (χ1n) is 27.4. The molecule has 0 rings (SSSR count). The van der Waals surface area contributed by atoms with Gasteiger partial charge in [-0.05, 0) is 116 Å². The van der Waals surface area contributed by atoms with Crippen molar-refractivity contribution in [3.63, 3.8) is 0 Å². The first-order chi connectivity index (χ1) is 33.0. The predicted octanol–water partition coefficient (Wildman–Crippen LogP) is 18.3. The summed E-state index contributed by atoms with van der Waals surface area (Å²) in [5.41, 5.74) is 0. The van der Waals surface area contributed by atoms with Gasteiger partial charge in [-0.2, -0.15) is 0 Å². The molecule has 6 nitrogen and oxygen atoms in total. The van der Waals surface area contributed by atoms with Crippen LogP contribution in [0.4, 0.5) is 0 Å². The minimum absolute atomic E-state index is 0.110. The molecule has 0 fully saturated rings. The molecule has 0 aliphatic heterocycles. The molecule has 0 saturated carbocycles. The lowest BCUT2D eigenvalue weighted by Gasteiger charge is -2.18. The SMILES string of the molecule is CC/C=C/C/C=C/C/C=C/C/C=C/C/C=C/C/C=C/CCC(=O)OC[C@@H](COC(=O)CCCCCCC/C=C/CCCCCC)OC(=O)CCCCCCCCC/C=C/C/C=C/CCCCC. The van der Waals surface area contributed by atoms with Gasteiger partial charge in [-0.1, -0.05) is 214 Å². The van der Waals surface area contributed by atoms with Crippen LogP contribution in [-0.4, -0.2) is 37.2 Å². The largest absolute Gasteiger partial charge is 0.462 e. The molecule has 0 aromatic heterocycles. The van der Waals surface area contributed by atoms with Crippen molar-refractivity contribution in [2.45, 2.75) is 245 Å². The maximum atomic E-state index is 12.8. The van der Waals surface area contributed by atoms with Crippen molar-refractivity contribution in [2.24, 2.45) is 0 Å². The molecule has 380 valence electrons. The average Bonchev–Trinajstić information content (AvgIpc) is 3.33. The van der Waals surface area contributed by atoms with Gasteiger partial charge in [0.15, 0.2) is 6.10 Å². The number of allylic oxidation sites excluding steroid dienone is 18. The molecule has 0 saturated heterocycles. The van der Waals surface area contributed by atoms with E-state index in [0.29, 0.717) is 19.3 Å². The van der Waals surface area contributed by atoms with E-state index in [4.69, 9.17) is 14.2 Å². The monoisotopic (exact) mass is 929 g/mol. The van der Waals surface area contributed by atoms with E-state index in [9.17, 15) is 14.4 Å². The van der Waals surface area contributed by atoms with Crippen molar-refractivity contribution in [2.75, 3.05) is 13.2 Å². The van der Waals surface area contributed by atoms with Crippen LogP contribution in [0.5, 0.6) is 0 Å². The molecule has 67 heavy (non-hydrogen) atoms. The Bertz CT molecular complexity index is 1390. The second-order valence-electron chi connectivity index (χ2n) is 17.7. The van der Waals surface area contributed by atoms with Gasteiger partial charge in [0.05, 0.1) is 0 Å². The lowest BCUT2D eigenvalue weighted by molar-refractivity contribution is -0.166. The summed E-state index contributed by atoms with van der Waals surface area (Å²) in [6.07, 6.45) is 73.7. The second-order valence-corrected chi connectivity index (χ2v) is 17.7. The number of rotatable bonds is 48. The fourth-order valence-corrected chi connectivity index (χ4v) is 7.14. The summed E-state index contributed by atoms with van der Waals surface area (Å²) in [6, 6.07) is 0. The van der Waals surface area contributed by atoms with Gasteiger partial charge in [-0.3, -0.25) is 14.4 Å². The standard InChI is InChI=1S/C61H100O6/c1-4-7-10-13-16-19-22-25-27-29-30-32-33-36-39-42-45-48-51-54-60(63)66-57-58(56-65-59(62)53-50-47-44-41-38-35-24-21-18-15-12-9-6-3)67-61(64)55-52-49-46-43-40-37-34-31-28-26-23-20-17-14-11-8-5-2/h7,10,16-17,19-21,24-28,30,32,36,39,45,48,58H,4-6,8-9,11-15,18,22-23,29,31,33-35,37-38,40-44,46-47,49-57H2,1-3H3/b10-7+,19-16+,20-17+,24-21+,27-25+,28-26+,32-30+,39-36+,48-45+/t58-/m1/s1. The fraction of sp³-hybridized carbons (Fsp3) is 0.656. The maximum Gasteiger partial charge on any atom is 0.306 e. The smallest absolute Gasteiger partial charge is 0.306 e. The molecule has 0 unspecified atom stereocenters. The van der Waals surface area contributed by atoms with Crippen LogP contribution in [0.1, 0.15) is 239 Å². The van der Waals surface area contributed by atoms with Crippen molar-refractivity contribution >= 4 is 17.9 Å². The van der Waals surface area contributed by atoms with Crippen LogP contribution in [0.3, 0.4) is 0 Å². The third-order valence-corrected chi connectivity index (χ3v) is 11.2. The van der Waals surface area contributed by atoms with Crippen LogP contribution in [0, 0.1) is 0 Å². The Labute approximate surface area is 412 Å². The lowest BCUT2D eigenvalue weighted by atomic mass is 10.1. The van der Waals surface area contributed by atoms with Crippen molar-refractivity contribution in [3.8, 4) is 0 Å². The van der Waals surface area contributed by atoms with Crippen molar-refractivity contribution < 1.29 is 28.6 Å². The van der Waals surface area contributed by atoms with Gasteiger partial charge in [-0.25, -0.2) is 0 Å². The molecule has 0 radical (unpaired) electrons. The van der Waals surface area contributed by atoms with Gasteiger partial charge in [0, 0.05) is 19.3 Å². The van der Waals surface area contributed by atoms with E-state index in [-0.39, 0.29) is 37.5 Å². The molecule has 0 aromatic carbocycles. The lowest BCUT2D eigenvalue weighted by Crippen LogP contribution is -2.30. The molecule has 0 bridgehead atoms. The first-order valence-corrected chi connectivity index (χ1v) is 27.4. The summed E-state index contributed by atoms with van der Waals surface area (Å²) < 4.78 is 16.7. The molecular formula is C61H100O6. The zero-order chi connectivity index (χ0) is 48.6. The fourth-order valence-electron chi connectivity index (χ4n) is 7.14. The Morgan fingerprint density at radius 2 is 0.612 bits per heavy atom. The Hall–Kier alpha value is -3.93. The van der Waals surface area contributed by atoms with Crippen LogP contribution in [0.25, 0.3) is 0 Å². The van der Waals surface area contributed by atoms with Gasteiger partial charge >= 0.3 is 17.9 Å². The van der Waals surface area contributed by atoms with Crippen molar-refractivity contribution in [1.29, 1.82) is 0 Å². The average molecular weight is 929 g/mol. The van der Waals surface area contributed by atoms with Crippen molar-refractivity contribution in [1.82, 2.24) is 0 Å². The summed E-state index contributed by atoms with van der Waals surface area (Å²) in [5.74, 6) is -1.02. The van der Waals surface area contributed by atoms with Crippen LogP contribution in [0.2, 0.25) is 0 Å². The Morgan fingerprint density at radius 1 is 0.313 bits per heavy atom. The van der Waals surface area contributed by atoms with Crippen LogP contribution in [-0.2, 0) is 28.6 Å². The third-order valence-electron chi connectivity index (χ3n) is 11.2. The summed E-state index contributed by atoms with van der Waals surface area (Å²) in [5, 5.41) is 0. The van der Waals surface area contributed by atoms with Crippen LogP contribution >= 0.6 is 0 Å². The first kappa shape index (κ1) is 63.1. The molecule has 6 heteroatoms. The maximum absolute atomic E-state index is 12.8. The van der Waals surface area contributed by atoms with E-state index in [1.54, 1.807) is 0 Å². The molecule has 0 aliphatic rings. The zero-order valence-electron chi connectivity index (χ0n) is 43.4. The molecule has 0 spiro atoms. The number of carbonyl (C=O) groups is 3. The van der Waals surface area contributed by atoms with E-state index in [0.717, 1.165) is 103 Å². The number of hydrogen-bond donors (Lipinski definition) is 0. The highest BCUT2D eigenvalue weighted by Gasteiger charge is 2.19. The summed E-state index contributed by atoms with van der Waals surface area (Å²) in [7, 11) is 0. The summed E-state index contributed by atoms with van der Waals surface area (Å²) in [4.78, 5) is 38.0. The van der Waals surface area contributed by atoms with E-state index in [2.05, 4.69) is 124 Å². The molecule has 1 atom stereocenters. The second kappa shape index (κ2) is 54.7. The Kier molecular flexibility index (Phi) is 51.5. The number of ether oxygens (including phenoxy) is 3. The van der Waals surface area contributed by atoms with Gasteiger partial charge in [0.25, 0.3) is 0 Å². The highest BCUT2D eigenvalue weighted by molar-refractivity contribution is 5.71. The highest BCUT2D eigenvalue weighted by atomic mass is 16.6. The zero-order valence-corrected chi connectivity index (χ0v) is 43.4. The quantitative estimate of drug-likeness (QED) is 0.0262. The van der Waals surface area contributed by atoms with Crippen LogP contribution < -0.4 is 0 Å². The summed E-state index contributed by atoms with van der Waals surface area (Å²) >= 11 is 0. The minimum atomic E-state index is -0.818. The molecule has 0 amide bonds. The number of carbonyl (C=O) groups excluding carboxylic acids is 3. The van der Waals surface area contributed by atoms with E-state index < -0.39 is 6.10 Å². The third kappa shape index (κ3) is 52.9. The molecule has 0 aliphatic carbocycles. The normalized spacial score (nSPS) is 12.9. The summed E-state index contributed by atoms with van der Waals surface area (Å²) in [6.45, 7) is 6.40. The van der Waals surface area contributed by atoms with Gasteiger partial charge in [0.2, 0.25) is 0 Å². The number of esters is 3. The van der Waals surface area contributed by atoms with Crippen LogP contribution in [0.15, 0.2) is 109 Å². The Morgan fingerprint density at radius 3 is 1.04 bits per heavy atom. The van der Waals surface area contributed by atoms with Gasteiger partial charge in [-0.15, -0.1) is 0 Å². The molecule has 0 N–H and O–H groups in total.